The molecule has 1 fully saturated rings. The summed E-state index contributed by atoms with van der Waals surface area (Å²) in [6.07, 6.45) is 2.42. The van der Waals surface area contributed by atoms with Gasteiger partial charge in [-0.1, -0.05) is 6.07 Å². The van der Waals surface area contributed by atoms with Crippen LogP contribution in [0.5, 0.6) is 0 Å². The summed E-state index contributed by atoms with van der Waals surface area (Å²) in [5, 5.41) is 9.83. The van der Waals surface area contributed by atoms with Crippen LogP contribution in [0.2, 0.25) is 0 Å². The monoisotopic (exact) mass is 242 g/mol. The molecule has 0 spiro atoms. The SMILES string of the molecule is OC(Cc1ccc(F)c(F)c1)CC1CCCO1. The number of halogens is 2. The topological polar surface area (TPSA) is 29.5 Å². The summed E-state index contributed by atoms with van der Waals surface area (Å²) >= 11 is 0. The minimum Gasteiger partial charge on any atom is -0.393 e. The van der Waals surface area contributed by atoms with E-state index in [1.807, 2.05) is 0 Å². The van der Waals surface area contributed by atoms with E-state index < -0.39 is 17.7 Å². The number of hydrogen-bond donors (Lipinski definition) is 1. The zero-order chi connectivity index (χ0) is 12.3. The van der Waals surface area contributed by atoms with Crippen LogP contribution in [0.15, 0.2) is 18.2 Å². The summed E-state index contributed by atoms with van der Waals surface area (Å²) in [5.41, 5.74) is 0.606. The first-order chi connectivity index (χ1) is 8.15. The van der Waals surface area contributed by atoms with E-state index in [0.717, 1.165) is 31.6 Å². The Balaban J connectivity index is 1.88. The molecule has 0 saturated carbocycles. The molecule has 1 heterocycles. The average Bonchev–Trinajstić information content (AvgIpc) is 2.76. The van der Waals surface area contributed by atoms with Crippen molar-refractivity contribution < 1.29 is 18.6 Å². The Morgan fingerprint density at radius 1 is 1.35 bits per heavy atom. The molecular formula is C13H16F2O2. The van der Waals surface area contributed by atoms with E-state index >= 15 is 0 Å². The Bertz CT molecular complexity index is 376. The molecule has 0 bridgehead atoms. The molecule has 17 heavy (non-hydrogen) atoms. The van der Waals surface area contributed by atoms with Crippen LogP contribution in [0, 0.1) is 11.6 Å². The molecule has 0 radical (unpaired) electrons. The highest BCUT2D eigenvalue weighted by molar-refractivity contribution is 5.18. The number of hydrogen-bond acceptors (Lipinski definition) is 2. The van der Waals surface area contributed by atoms with Gasteiger partial charge in [-0.25, -0.2) is 8.78 Å². The van der Waals surface area contributed by atoms with Crippen molar-refractivity contribution in [3.05, 3.63) is 35.4 Å². The molecular weight excluding hydrogens is 226 g/mol. The molecule has 1 aliphatic rings. The van der Waals surface area contributed by atoms with Crippen LogP contribution in [0.3, 0.4) is 0 Å². The molecule has 1 N–H and O–H groups in total. The lowest BCUT2D eigenvalue weighted by atomic mass is 10.0. The largest absolute Gasteiger partial charge is 0.393 e. The molecule has 0 aromatic heterocycles. The van der Waals surface area contributed by atoms with Crippen LogP contribution < -0.4 is 0 Å². The van der Waals surface area contributed by atoms with Crippen LogP contribution in [0.25, 0.3) is 0 Å². The lowest BCUT2D eigenvalue weighted by molar-refractivity contribution is 0.0540. The molecule has 0 aliphatic carbocycles. The van der Waals surface area contributed by atoms with E-state index in [2.05, 4.69) is 0 Å². The number of ether oxygens (including phenoxy) is 1. The highest BCUT2D eigenvalue weighted by Gasteiger charge is 2.19. The summed E-state index contributed by atoms with van der Waals surface area (Å²) in [6, 6.07) is 3.72. The maximum atomic E-state index is 13.0. The number of aliphatic hydroxyl groups is 1. The van der Waals surface area contributed by atoms with E-state index in [0.29, 0.717) is 18.4 Å². The van der Waals surface area contributed by atoms with Gasteiger partial charge in [0.15, 0.2) is 11.6 Å². The molecule has 0 amide bonds. The first kappa shape index (κ1) is 12.5. The van der Waals surface area contributed by atoms with Gasteiger partial charge in [0, 0.05) is 6.61 Å². The minimum atomic E-state index is -0.869. The molecule has 1 saturated heterocycles. The lowest BCUT2D eigenvalue weighted by Crippen LogP contribution is -2.19. The van der Waals surface area contributed by atoms with Gasteiger partial charge in [0.05, 0.1) is 12.2 Å². The van der Waals surface area contributed by atoms with Crippen molar-refractivity contribution in [1.29, 1.82) is 0 Å². The predicted octanol–water partition coefficient (Wildman–Crippen LogP) is 2.44. The maximum Gasteiger partial charge on any atom is 0.159 e. The van der Waals surface area contributed by atoms with Gasteiger partial charge < -0.3 is 9.84 Å². The second-order valence-corrected chi connectivity index (χ2v) is 4.48. The van der Waals surface area contributed by atoms with Crippen molar-refractivity contribution in [3.8, 4) is 0 Å². The van der Waals surface area contributed by atoms with Crippen molar-refractivity contribution in [1.82, 2.24) is 0 Å². The van der Waals surface area contributed by atoms with Gasteiger partial charge in [-0.15, -0.1) is 0 Å². The third-order valence-corrected chi connectivity index (χ3v) is 3.01. The first-order valence-corrected chi connectivity index (χ1v) is 5.89. The van der Waals surface area contributed by atoms with Crippen molar-refractivity contribution >= 4 is 0 Å². The molecule has 1 aromatic rings. The van der Waals surface area contributed by atoms with Gasteiger partial charge in [-0.3, -0.25) is 0 Å². The summed E-state index contributed by atoms with van der Waals surface area (Å²) in [5.74, 6) is -1.73. The normalized spacial score (nSPS) is 21.7. The smallest absolute Gasteiger partial charge is 0.159 e. The quantitative estimate of drug-likeness (QED) is 0.878. The summed E-state index contributed by atoms with van der Waals surface area (Å²) in [6.45, 7) is 0.753. The van der Waals surface area contributed by atoms with Crippen molar-refractivity contribution in [2.75, 3.05) is 6.61 Å². The highest BCUT2D eigenvalue weighted by atomic mass is 19.2. The third kappa shape index (κ3) is 3.48. The van der Waals surface area contributed by atoms with Gasteiger partial charge in [0.25, 0.3) is 0 Å². The standard InChI is InChI=1S/C13H16F2O2/c14-12-4-3-9(7-13(12)15)6-10(16)8-11-2-1-5-17-11/h3-4,7,10-11,16H,1-2,5-6,8H2. The van der Waals surface area contributed by atoms with E-state index in [4.69, 9.17) is 4.74 Å². The van der Waals surface area contributed by atoms with E-state index in [-0.39, 0.29) is 6.10 Å². The summed E-state index contributed by atoms with van der Waals surface area (Å²) in [7, 11) is 0. The van der Waals surface area contributed by atoms with Crippen molar-refractivity contribution in [2.45, 2.75) is 37.9 Å². The van der Waals surface area contributed by atoms with Gasteiger partial charge >= 0.3 is 0 Å². The number of rotatable bonds is 4. The molecule has 4 heteroatoms. The summed E-state index contributed by atoms with van der Waals surface area (Å²) in [4.78, 5) is 0. The number of benzene rings is 1. The van der Waals surface area contributed by atoms with Gasteiger partial charge in [-0.2, -0.15) is 0 Å². The van der Waals surface area contributed by atoms with E-state index in [1.54, 1.807) is 0 Å². The zero-order valence-electron chi connectivity index (χ0n) is 9.53. The van der Waals surface area contributed by atoms with Gasteiger partial charge in [0.1, 0.15) is 0 Å². The molecule has 1 aliphatic heterocycles. The van der Waals surface area contributed by atoms with Crippen LogP contribution in [0.4, 0.5) is 8.78 Å². The van der Waals surface area contributed by atoms with E-state index in [1.165, 1.54) is 6.07 Å². The Morgan fingerprint density at radius 2 is 2.18 bits per heavy atom. The molecule has 2 unspecified atom stereocenters. The fraction of sp³-hybridized carbons (Fsp3) is 0.538. The van der Waals surface area contributed by atoms with Crippen molar-refractivity contribution in [2.24, 2.45) is 0 Å². The fourth-order valence-corrected chi connectivity index (χ4v) is 2.16. The Kier molecular flexibility index (Phi) is 4.07. The maximum absolute atomic E-state index is 13.0. The Hall–Kier alpha value is -1.00. The second-order valence-electron chi connectivity index (χ2n) is 4.48. The molecule has 2 atom stereocenters. The average molecular weight is 242 g/mol. The fourth-order valence-electron chi connectivity index (χ4n) is 2.16. The van der Waals surface area contributed by atoms with Crippen molar-refractivity contribution in [3.63, 3.8) is 0 Å². The molecule has 94 valence electrons. The van der Waals surface area contributed by atoms with Gasteiger partial charge in [0.2, 0.25) is 0 Å². The minimum absolute atomic E-state index is 0.107. The molecule has 1 aromatic carbocycles. The Morgan fingerprint density at radius 3 is 2.82 bits per heavy atom. The van der Waals surface area contributed by atoms with Crippen LogP contribution in [-0.4, -0.2) is 23.9 Å². The van der Waals surface area contributed by atoms with Crippen LogP contribution in [-0.2, 0) is 11.2 Å². The molecule has 2 rings (SSSR count). The zero-order valence-corrected chi connectivity index (χ0v) is 9.53. The summed E-state index contributed by atoms with van der Waals surface area (Å²) < 4.78 is 31.1. The third-order valence-electron chi connectivity index (χ3n) is 3.01. The van der Waals surface area contributed by atoms with E-state index in [9.17, 15) is 13.9 Å². The first-order valence-electron chi connectivity index (χ1n) is 5.89. The van der Waals surface area contributed by atoms with Gasteiger partial charge in [-0.05, 0) is 43.4 Å². The highest BCUT2D eigenvalue weighted by Crippen LogP contribution is 2.19. The predicted molar refractivity (Wildman–Crippen MR) is 59.7 cm³/mol. The van der Waals surface area contributed by atoms with Crippen LogP contribution in [0.1, 0.15) is 24.8 Å². The number of aliphatic hydroxyl groups excluding tert-OH is 1. The lowest BCUT2D eigenvalue weighted by Gasteiger charge is -2.15. The Labute approximate surface area is 99.2 Å². The van der Waals surface area contributed by atoms with Crippen LogP contribution >= 0.6 is 0 Å². The molecule has 2 nitrogen and oxygen atoms in total. The second kappa shape index (κ2) is 5.56.